The van der Waals surface area contributed by atoms with E-state index in [1.807, 2.05) is 18.2 Å². The molecule has 23 heavy (non-hydrogen) atoms. The minimum absolute atomic E-state index is 0.297. The monoisotopic (exact) mass is 379 g/mol. The zero-order chi connectivity index (χ0) is 16.7. The van der Waals surface area contributed by atoms with Crippen LogP contribution in [0, 0.1) is 0 Å². The molecule has 1 heterocycles. The third kappa shape index (κ3) is 4.85. The maximum absolute atomic E-state index is 12.0. The maximum Gasteiger partial charge on any atom is 0.319 e. The minimum Gasteiger partial charge on any atom is -0.493 e. The number of methoxy groups -OCH3 is 2. The van der Waals surface area contributed by atoms with Gasteiger partial charge in [-0.15, -0.1) is 0 Å². The minimum atomic E-state index is -0.297. The fourth-order valence-electron chi connectivity index (χ4n) is 1.97. The smallest absolute Gasteiger partial charge is 0.319 e. The lowest BCUT2D eigenvalue weighted by molar-refractivity contribution is 0.252. The fourth-order valence-corrected chi connectivity index (χ4v) is 2.39. The van der Waals surface area contributed by atoms with Gasteiger partial charge in [-0.05, 0) is 28.1 Å². The standard InChI is InChI=1S/C16H18BrN3O3/c1-22-14-9-12(17)13(10-15(14)23-2)20-16(21)19-8-6-11-5-3-4-7-18-11/h3-5,7,9-10H,6,8H2,1-2H3,(H2,19,20,21). The molecule has 7 heteroatoms. The summed E-state index contributed by atoms with van der Waals surface area (Å²) >= 11 is 3.40. The average Bonchev–Trinajstić information content (AvgIpc) is 2.57. The quantitative estimate of drug-likeness (QED) is 0.807. The van der Waals surface area contributed by atoms with E-state index in [1.54, 1.807) is 32.5 Å². The molecule has 0 atom stereocenters. The molecular formula is C16H18BrN3O3. The van der Waals surface area contributed by atoms with Gasteiger partial charge in [0.15, 0.2) is 11.5 Å². The number of benzene rings is 1. The number of halogens is 1. The van der Waals surface area contributed by atoms with Crippen molar-refractivity contribution in [1.29, 1.82) is 0 Å². The molecule has 0 saturated heterocycles. The van der Waals surface area contributed by atoms with Gasteiger partial charge in [-0.1, -0.05) is 6.07 Å². The number of nitrogens with one attached hydrogen (secondary N) is 2. The molecule has 0 aliphatic carbocycles. The molecule has 0 fully saturated rings. The number of pyridine rings is 1. The molecule has 0 radical (unpaired) electrons. The Balaban J connectivity index is 1.92. The fraction of sp³-hybridized carbons (Fsp3) is 0.250. The molecular weight excluding hydrogens is 362 g/mol. The Kier molecular flexibility index (Phi) is 6.22. The summed E-state index contributed by atoms with van der Waals surface area (Å²) in [5.41, 5.74) is 1.53. The van der Waals surface area contributed by atoms with Gasteiger partial charge in [-0.2, -0.15) is 0 Å². The van der Waals surface area contributed by atoms with Crippen molar-refractivity contribution in [3.8, 4) is 11.5 Å². The van der Waals surface area contributed by atoms with E-state index in [-0.39, 0.29) is 6.03 Å². The Morgan fingerprint density at radius 2 is 1.96 bits per heavy atom. The number of amides is 2. The molecule has 122 valence electrons. The van der Waals surface area contributed by atoms with Gasteiger partial charge in [0.1, 0.15) is 0 Å². The topological polar surface area (TPSA) is 72.5 Å². The zero-order valence-corrected chi connectivity index (χ0v) is 14.5. The van der Waals surface area contributed by atoms with Gasteiger partial charge in [-0.3, -0.25) is 4.98 Å². The summed E-state index contributed by atoms with van der Waals surface area (Å²) in [4.78, 5) is 16.2. The second-order valence-corrected chi connectivity index (χ2v) is 5.49. The number of hydrogen-bond acceptors (Lipinski definition) is 4. The summed E-state index contributed by atoms with van der Waals surface area (Å²) in [5.74, 6) is 1.12. The van der Waals surface area contributed by atoms with Gasteiger partial charge in [0.2, 0.25) is 0 Å². The number of urea groups is 1. The summed E-state index contributed by atoms with van der Waals surface area (Å²) in [7, 11) is 3.10. The molecule has 0 aliphatic rings. The van der Waals surface area contributed by atoms with Gasteiger partial charge >= 0.3 is 6.03 Å². The summed E-state index contributed by atoms with van der Waals surface area (Å²) in [6.07, 6.45) is 2.40. The van der Waals surface area contributed by atoms with Crippen LogP contribution in [0.1, 0.15) is 5.69 Å². The first-order chi connectivity index (χ1) is 11.1. The Labute approximate surface area is 143 Å². The van der Waals surface area contributed by atoms with Crippen LogP contribution in [-0.4, -0.2) is 31.8 Å². The molecule has 0 saturated carbocycles. The SMILES string of the molecule is COc1cc(Br)c(NC(=O)NCCc2ccccn2)cc1OC. The first-order valence-corrected chi connectivity index (χ1v) is 7.79. The molecule has 6 nitrogen and oxygen atoms in total. The van der Waals surface area contributed by atoms with Crippen LogP contribution in [0.3, 0.4) is 0 Å². The number of aromatic nitrogens is 1. The van der Waals surface area contributed by atoms with E-state index in [4.69, 9.17) is 9.47 Å². The van der Waals surface area contributed by atoms with Crippen molar-refractivity contribution in [3.05, 3.63) is 46.7 Å². The second-order valence-electron chi connectivity index (χ2n) is 4.64. The van der Waals surface area contributed by atoms with Gasteiger partial charge < -0.3 is 20.1 Å². The number of ether oxygens (including phenoxy) is 2. The van der Waals surface area contributed by atoms with Crippen LogP contribution in [0.5, 0.6) is 11.5 Å². The molecule has 0 bridgehead atoms. The Morgan fingerprint density at radius 3 is 2.61 bits per heavy atom. The molecule has 1 aromatic carbocycles. The Hall–Kier alpha value is -2.28. The molecule has 0 unspecified atom stereocenters. The van der Waals surface area contributed by atoms with Crippen molar-refractivity contribution >= 4 is 27.6 Å². The number of carbonyl (C=O) groups is 1. The largest absolute Gasteiger partial charge is 0.493 e. The van der Waals surface area contributed by atoms with Crippen molar-refractivity contribution < 1.29 is 14.3 Å². The number of hydrogen-bond donors (Lipinski definition) is 2. The summed E-state index contributed by atoms with van der Waals surface area (Å²) < 4.78 is 11.1. The van der Waals surface area contributed by atoms with Crippen molar-refractivity contribution in [1.82, 2.24) is 10.3 Å². The summed E-state index contributed by atoms with van der Waals surface area (Å²) in [6, 6.07) is 8.84. The molecule has 0 aliphatic heterocycles. The molecule has 2 amide bonds. The van der Waals surface area contributed by atoms with Crippen LogP contribution in [0.2, 0.25) is 0 Å². The highest BCUT2D eigenvalue weighted by Crippen LogP contribution is 2.36. The van der Waals surface area contributed by atoms with Crippen LogP contribution >= 0.6 is 15.9 Å². The highest BCUT2D eigenvalue weighted by molar-refractivity contribution is 9.10. The van der Waals surface area contributed by atoms with E-state index >= 15 is 0 Å². The number of carbonyl (C=O) groups excluding carboxylic acids is 1. The highest BCUT2D eigenvalue weighted by atomic mass is 79.9. The van der Waals surface area contributed by atoms with Crippen molar-refractivity contribution in [2.45, 2.75) is 6.42 Å². The normalized spacial score (nSPS) is 10.0. The number of rotatable bonds is 6. The van der Waals surface area contributed by atoms with Crippen molar-refractivity contribution in [2.75, 3.05) is 26.1 Å². The predicted octanol–water partition coefficient (Wildman–Crippen LogP) is 3.23. The lowest BCUT2D eigenvalue weighted by atomic mass is 10.2. The Bertz CT molecular complexity index is 665. The van der Waals surface area contributed by atoms with E-state index in [1.165, 1.54) is 0 Å². The summed E-state index contributed by atoms with van der Waals surface area (Å²) in [5, 5.41) is 5.56. The van der Waals surface area contributed by atoms with Gasteiger partial charge in [0.25, 0.3) is 0 Å². The molecule has 2 rings (SSSR count). The number of anilines is 1. The van der Waals surface area contributed by atoms with Crippen LogP contribution in [-0.2, 0) is 6.42 Å². The van der Waals surface area contributed by atoms with Gasteiger partial charge in [-0.25, -0.2) is 4.79 Å². The van der Waals surface area contributed by atoms with E-state index < -0.39 is 0 Å². The Morgan fingerprint density at radius 1 is 1.22 bits per heavy atom. The van der Waals surface area contributed by atoms with E-state index in [0.29, 0.717) is 34.6 Å². The van der Waals surface area contributed by atoms with E-state index in [9.17, 15) is 4.79 Å². The van der Waals surface area contributed by atoms with Crippen LogP contribution < -0.4 is 20.1 Å². The first kappa shape index (κ1) is 17.1. The lowest BCUT2D eigenvalue weighted by Gasteiger charge is -2.13. The van der Waals surface area contributed by atoms with Crippen molar-refractivity contribution in [3.63, 3.8) is 0 Å². The van der Waals surface area contributed by atoms with Crippen LogP contribution in [0.15, 0.2) is 41.0 Å². The van der Waals surface area contributed by atoms with Crippen molar-refractivity contribution in [2.24, 2.45) is 0 Å². The van der Waals surface area contributed by atoms with E-state index in [2.05, 4.69) is 31.5 Å². The second kappa shape index (κ2) is 8.38. The molecule has 1 aromatic heterocycles. The van der Waals surface area contributed by atoms with E-state index in [0.717, 1.165) is 5.69 Å². The highest BCUT2D eigenvalue weighted by Gasteiger charge is 2.11. The van der Waals surface area contributed by atoms with Crippen LogP contribution in [0.4, 0.5) is 10.5 Å². The molecule has 2 N–H and O–H groups in total. The maximum atomic E-state index is 12.0. The molecule has 0 spiro atoms. The molecule has 2 aromatic rings. The predicted molar refractivity (Wildman–Crippen MR) is 92.2 cm³/mol. The first-order valence-electron chi connectivity index (χ1n) is 7.00. The third-order valence-electron chi connectivity index (χ3n) is 3.11. The zero-order valence-electron chi connectivity index (χ0n) is 12.9. The van der Waals surface area contributed by atoms with Crippen LogP contribution in [0.25, 0.3) is 0 Å². The third-order valence-corrected chi connectivity index (χ3v) is 3.77. The lowest BCUT2D eigenvalue weighted by Crippen LogP contribution is -2.30. The summed E-state index contributed by atoms with van der Waals surface area (Å²) in [6.45, 7) is 0.494. The number of nitrogens with zero attached hydrogens (tertiary/aromatic N) is 1. The van der Waals surface area contributed by atoms with Gasteiger partial charge in [0.05, 0.1) is 19.9 Å². The van der Waals surface area contributed by atoms with Gasteiger partial charge in [0, 0.05) is 41.5 Å². The average molecular weight is 380 g/mol.